The van der Waals surface area contributed by atoms with Crippen molar-refractivity contribution in [3.05, 3.63) is 83.5 Å². The van der Waals surface area contributed by atoms with Crippen LogP contribution in [-0.2, 0) is 13.0 Å². The van der Waals surface area contributed by atoms with Crippen molar-refractivity contribution in [1.82, 2.24) is 19.5 Å². The first kappa shape index (κ1) is 18.0. The fourth-order valence-corrected chi connectivity index (χ4v) is 3.36. The predicted molar refractivity (Wildman–Crippen MR) is 111 cm³/mol. The molecule has 0 spiro atoms. The Morgan fingerprint density at radius 1 is 1.07 bits per heavy atom. The summed E-state index contributed by atoms with van der Waals surface area (Å²) >= 11 is 0. The number of aromatic nitrogens is 4. The maximum Gasteiger partial charge on any atom is 0.262 e. The number of hydrogen-bond acceptors (Lipinski definition) is 4. The van der Waals surface area contributed by atoms with Gasteiger partial charge in [-0.25, -0.2) is 4.98 Å². The van der Waals surface area contributed by atoms with Gasteiger partial charge in [-0.2, -0.15) is 0 Å². The topological polar surface area (TPSA) is 76.7 Å². The number of imidazole rings is 1. The molecular formula is C21H17ClN4O2. The van der Waals surface area contributed by atoms with Gasteiger partial charge in [-0.3, -0.25) is 9.78 Å². The molecule has 4 aromatic heterocycles. The third kappa shape index (κ3) is 3.08. The average molecular weight is 393 g/mol. The summed E-state index contributed by atoms with van der Waals surface area (Å²) in [6.45, 7) is 0.537. The summed E-state index contributed by atoms with van der Waals surface area (Å²) < 4.78 is 7.29. The number of para-hydroxylation sites is 2. The summed E-state index contributed by atoms with van der Waals surface area (Å²) in [5.41, 5.74) is 4.16. The molecule has 0 atom stereocenters. The van der Waals surface area contributed by atoms with Gasteiger partial charge in [-0.15, -0.1) is 12.4 Å². The van der Waals surface area contributed by atoms with Crippen molar-refractivity contribution in [2.75, 3.05) is 0 Å². The largest absolute Gasteiger partial charge is 0.463 e. The molecule has 0 aliphatic carbocycles. The zero-order chi connectivity index (χ0) is 18.2. The SMILES string of the molecule is Cl.O=c1c2c(-c3ccncc3)coc2ccn1CCc1nc2ccccc2[nH]1. The molecule has 0 saturated heterocycles. The second-order valence-electron chi connectivity index (χ2n) is 6.39. The van der Waals surface area contributed by atoms with E-state index in [1.807, 2.05) is 42.5 Å². The Bertz CT molecular complexity index is 1270. The summed E-state index contributed by atoms with van der Waals surface area (Å²) in [5.74, 6) is 0.866. The molecule has 0 fully saturated rings. The Morgan fingerprint density at radius 3 is 2.71 bits per heavy atom. The highest BCUT2D eigenvalue weighted by molar-refractivity contribution is 5.93. The maximum absolute atomic E-state index is 13.0. The highest BCUT2D eigenvalue weighted by atomic mass is 35.5. The van der Waals surface area contributed by atoms with Crippen molar-refractivity contribution < 1.29 is 4.42 Å². The number of aryl methyl sites for hydroxylation is 2. The number of furan rings is 1. The predicted octanol–water partition coefficient (Wildman–Crippen LogP) is 4.20. The molecule has 5 rings (SSSR count). The van der Waals surface area contributed by atoms with Crippen molar-refractivity contribution in [3.63, 3.8) is 0 Å². The van der Waals surface area contributed by atoms with Crippen LogP contribution in [0.5, 0.6) is 0 Å². The second kappa shape index (κ2) is 7.32. The van der Waals surface area contributed by atoms with E-state index in [0.717, 1.165) is 28.0 Å². The molecule has 0 amide bonds. The van der Waals surface area contributed by atoms with E-state index in [4.69, 9.17) is 4.42 Å². The van der Waals surface area contributed by atoms with E-state index in [1.54, 1.807) is 29.4 Å². The van der Waals surface area contributed by atoms with Gasteiger partial charge in [0.1, 0.15) is 11.4 Å². The van der Waals surface area contributed by atoms with Crippen LogP contribution in [0.15, 0.2) is 76.5 Å². The van der Waals surface area contributed by atoms with Gasteiger partial charge in [0.05, 0.1) is 22.7 Å². The first-order valence-electron chi connectivity index (χ1n) is 8.74. The van der Waals surface area contributed by atoms with E-state index in [1.165, 1.54) is 0 Å². The Hall–Kier alpha value is -3.38. The van der Waals surface area contributed by atoms with Gasteiger partial charge in [0.25, 0.3) is 5.56 Å². The Balaban J connectivity index is 0.00000192. The number of halogens is 1. The van der Waals surface area contributed by atoms with E-state index >= 15 is 0 Å². The Morgan fingerprint density at radius 2 is 1.89 bits per heavy atom. The molecule has 7 heteroatoms. The third-order valence-electron chi connectivity index (χ3n) is 4.72. The molecule has 28 heavy (non-hydrogen) atoms. The van der Waals surface area contributed by atoms with Crippen molar-refractivity contribution in [3.8, 4) is 11.1 Å². The van der Waals surface area contributed by atoms with Crippen molar-refractivity contribution >= 4 is 34.4 Å². The van der Waals surface area contributed by atoms with E-state index < -0.39 is 0 Å². The van der Waals surface area contributed by atoms with Gasteiger partial charge in [0.2, 0.25) is 0 Å². The number of nitrogens with one attached hydrogen (secondary N) is 1. The zero-order valence-electron chi connectivity index (χ0n) is 14.8. The van der Waals surface area contributed by atoms with Gasteiger partial charge < -0.3 is 14.0 Å². The molecule has 140 valence electrons. The standard InChI is InChI=1S/C21H16N4O2.ClH/c26-21-20-15(14-5-9-22-10-6-14)13-27-18(20)7-11-25(21)12-8-19-23-16-3-1-2-4-17(16)24-19;/h1-7,9-11,13H,8,12H2,(H,23,24);1H. The smallest absolute Gasteiger partial charge is 0.262 e. The second-order valence-corrected chi connectivity index (χ2v) is 6.39. The maximum atomic E-state index is 13.0. The van der Waals surface area contributed by atoms with Crippen molar-refractivity contribution in [2.24, 2.45) is 0 Å². The summed E-state index contributed by atoms with van der Waals surface area (Å²) in [6, 6.07) is 13.5. The quantitative estimate of drug-likeness (QED) is 0.497. The minimum Gasteiger partial charge on any atom is -0.463 e. The Kier molecular flexibility index (Phi) is 4.71. The normalized spacial score (nSPS) is 11.0. The van der Waals surface area contributed by atoms with E-state index in [-0.39, 0.29) is 18.0 Å². The van der Waals surface area contributed by atoms with Crippen molar-refractivity contribution in [1.29, 1.82) is 0 Å². The van der Waals surface area contributed by atoms with E-state index in [9.17, 15) is 4.79 Å². The van der Waals surface area contributed by atoms with Crippen LogP contribution in [0.1, 0.15) is 5.82 Å². The molecule has 0 saturated carbocycles. The molecule has 1 N–H and O–H groups in total. The van der Waals surface area contributed by atoms with Crippen LogP contribution in [0, 0.1) is 0 Å². The van der Waals surface area contributed by atoms with Gasteiger partial charge in [0, 0.05) is 37.1 Å². The van der Waals surface area contributed by atoms with Crippen LogP contribution < -0.4 is 5.56 Å². The number of rotatable bonds is 4. The molecule has 5 aromatic rings. The van der Waals surface area contributed by atoms with Crippen LogP contribution in [0.25, 0.3) is 33.1 Å². The molecule has 0 aliphatic rings. The Labute approximate surface area is 166 Å². The molecule has 6 nitrogen and oxygen atoms in total. The third-order valence-corrected chi connectivity index (χ3v) is 4.72. The first-order chi connectivity index (χ1) is 13.3. The van der Waals surface area contributed by atoms with Crippen LogP contribution in [0.2, 0.25) is 0 Å². The molecule has 4 heterocycles. The lowest BCUT2D eigenvalue weighted by molar-refractivity contribution is 0.611. The van der Waals surface area contributed by atoms with Gasteiger partial charge in [0.15, 0.2) is 0 Å². The first-order valence-corrected chi connectivity index (χ1v) is 8.74. The fraction of sp³-hybridized carbons (Fsp3) is 0.0952. The lowest BCUT2D eigenvalue weighted by Crippen LogP contribution is -2.20. The average Bonchev–Trinajstić information content (AvgIpc) is 3.32. The summed E-state index contributed by atoms with van der Waals surface area (Å²) in [7, 11) is 0. The number of hydrogen-bond donors (Lipinski definition) is 1. The fourth-order valence-electron chi connectivity index (χ4n) is 3.36. The highest BCUT2D eigenvalue weighted by Crippen LogP contribution is 2.27. The number of benzene rings is 1. The molecular weight excluding hydrogens is 376 g/mol. The van der Waals surface area contributed by atoms with Crippen LogP contribution in [0.3, 0.4) is 0 Å². The van der Waals surface area contributed by atoms with E-state index in [2.05, 4.69) is 15.0 Å². The number of H-pyrrole nitrogens is 1. The highest BCUT2D eigenvalue weighted by Gasteiger charge is 2.14. The zero-order valence-corrected chi connectivity index (χ0v) is 15.6. The van der Waals surface area contributed by atoms with Crippen LogP contribution in [0.4, 0.5) is 0 Å². The minimum absolute atomic E-state index is 0. The summed E-state index contributed by atoms with van der Waals surface area (Å²) in [4.78, 5) is 24.9. The lowest BCUT2D eigenvalue weighted by Gasteiger charge is -2.05. The minimum atomic E-state index is -0.0656. The summed E-state index contributed by atoms with van der Waals surface area (Å²) in [5, 5.41) is 0.591. The molecule has 1 aromatic carbocycles. The number of aromatic amines is 1. The van der Waals surface area contributed by atoms with Gasteiger partial charge in [-0.05, 0) is 35.9 Å². The van der Waals surface area contributed by atoms with Crippen LogP contribution >= 0.6 is 12.4 Å². The number of pyridine rings is 2. The van der Waals surface area contributed by atoms with Crippen molar-refractivity contribution in [2.45, 2.75) is 13.0 Å². The molecule has 0 radical (unpaired) electrons. The van der Waals surface area contributed by atoms with Crippen LogP contribution in [-0.4, -0.2) is 19.5 Å². The summed E-state index contributed by atoms with van der Waals surface area (Å²) in [6.07, 6.45) is 7.45. The molecule has 0 bridgehead atoms. The lowest BCUT2D eigenvalue weighted by atomic mass is 10.1. The van der Waals surface area contributed by atoms with Gasteiger partial charge >= 0.3 is 0 Å². The monoisotopic (exact) mass is 392 g/mol. The molecule has 0 aliphatic heterocycles. The number of fused-ring (bicyclic) bond motifs is 2. The van der Waals surface area contributed by atoms with Gasteiger partial charge in [-0.1, -0.05) is 12.1 Å². The van der Waals surface area contributed by atoms with E-state index in [0.29, 0.717) is 23.9 Å². The molecule has 0 unspecified atom stereocenters. The number of nitrogens with zero attached hydrogens (tertiary/aromatic N) is 3.